The molecule has 0 saturated carbocycles. The largest absolute Gasteiger partial charge is 0.343 e. The number of aryl methyl sites for hydroxylation is 1. The number of amides is 1. The van der Waals surface area contributed by atoms with Gasteiger partial charge >= 0.3 is 0 Å². The van der Waals surface area contributed by atoms with Gasteiger partial charge in [0.25, 0.3) is 0 Å². The Morgan fingerprint density at radius 3 is 2.81 bits per heavy atom. The van der Waals surface area contributed by atoms with Crippen LogP contribution in [0.3, 0.4) is 0 Å². The number of hydrogen-bond acceptors (Lipinski definition) is 4. The molecule has 2 aromatic heterocycles. The van der Waals surface area contributed by atoms with Crippen LogP contribution in [0.25, 0.3) is 11.4 Å². The minimum atomic E-state index is 0.156. The van der Waals surface area contributed by atoms with Crippen LogP contribution in [0.1, 0.15) is 19.0 Å². The zero-order valence-electron chi connectivity index (χ0n) is 12.4. The molecule has 1 unspecified atom stereocenters. The van der Waals surface area contributed by atoms with Gasteiger partial charge in [0.2, 0.25) is 5.91 Å². The van der Waals surface area contributed by atoms with Crippen molar-refractivity contribution in [1.82, 2.24) is 24.6 Å². The summed E-state index contributed by atoms with van der Waals surface area (Å²) in [6, 6.07) is 1.95. The molecule has 3 rings (SSSR count). The average molecular weight is 285 g/mol. The van der Waals surface area contributed by atoms with Crippen LogP contribution in [-0.2, 0) is 18.3 Å². The molecular weight excluding hydrogens is 266 g/mol. The first-order valence-corrected chi connectivity index (χ1v) is 7.19. The molecule has 0 aromatic carbocycles. The molecule has 110 valence electrons. The van der Waals surface area contributed by atoms with Gasteiger partial charge in [-0.25, -0.2) is 0 Å². The summed E-state index contributed by atoms with van der Waals surface area (Å²) in [5.41, 5.74) is 2.84. The van der Waals surface area contributed by atoms with Gasteiger partial charge in [-0.3, -0.25) is 19.4 Å². The third-order valence-electron chi connectivity index (χ3n) is 4.05. The van der Waals surface area contributed by atoms with Crippen LogP contribution in [0.5, 0.6) is 0 Å². The maximum Gasteiger partial charge on any atom is 0.219 e. The van der Waals surface area contributed by atoms with E-state index in [1.807, 2.05) is 22.7 Å². The van der Waals surface area contributed by atoms with Crippen molar-refractivity contribution in [2.45, 2.75) is 19.8 Å². The Morgan fingerprint density at radius 2 is 2.14 bits per heavy atom. The average Bonchev–Trinajstić information content (AvgIpc) is 3.09. The summed E-state index contributed by atoms with van der Waals surface area (Å²) in [7, 11) is 1.90. The Hall–Kier alpha value is -2.24. The lowest BCUT2D eigenvalue weighted by atomic mass is 10.0. The SMILES string of the molecule is CC(=O)N1CCC(Cc2nccnc2-c2ccnn2C)C1. The van der Waals surface area contributed by atoms with Crippen LogP contribution in [0.2, 0.25) is 0 Å². The predicted octanol–water partition coefficient (Wildman–Crippen LogP) is 1.29. The van der Waals surface area contributed by atoms with Crippen molar-refractivity contribution in [3.05, 3.63) is 30.4 Å². The normalized spacial score (nSPS) is 18.2. The van der Waals surface area contributed by atoms with Crippen molar-refractivity contribution >= 4 is 5.91 Å². The molecule has 1 fully saturated rings. The fraction of sp³-hybridized carbons (Fsp3) is 0.467. The highest BCUT2D eigenvalue weighted by Gasteiger charge is 2.26. The van der Waals surface area contributed by atoms with E-state index < -0.39 is 0 Å². The van der Waals surface area contributed by atoms with Crippen molar-refractivity contribution in [3.8, 4) is 11.4 Å². The van der Waals surface area contributed by atoms with Crippen molar-refractivity contribution in [2.75, 3.05) is 13.1 Å². The smallest absolute Gasteiger partial charge is 0.219 e. The summed E-state index contributed by atoms with van der Waals surface area (Å²) in [6.45, 7) is 3.30. The van der Waals surface area contributed by atoms with Crippen LogP contribution >= 0.6 is 0 Å². The fourth-order valence-electron chi connectivity index (χ4n) is 2.90. The van der Waals surface area contributed by atoms with E-state index in [0.29, 0.717) is 5.92 Å². The zero-order chi connectivity index (χ0) is 14.8. The van der Waals surface area contributed by atoms with Crippen LogP contribution in [0, 0.1) is 5.92 Å². The third kappa shape index (κ3) is 2.79. The van der Waals surface area contributed by atoms with E-state index in [9.17, 15) is 4.79 Å². The molecule has 3 heterocycles. The molecule has 6 heteroatoms. The lowest BCUT2D eigenvalue weighted by molar-refractivity contribution is -0.127. The van der Waals surface area contributed by atoms with Gasteiger partial charge < -0.3 is 4.90 Å². The Morgan fingerprint density at radius 1 is 1.33 bits per heavy atom. The van der Waals surface area contributed by atoms with Crippen LogP contribution < -0.4 is 0 Å². The molecule has 0 aliphatic carbocycles. The van der Waals surface area contributed by atoms with Gasteiger partial charge in [-0.15, -0.1) is 0 Å². The number of carbonyl (C=O) groups excluding carboxylic acids is 1. The standard InChI is InChI=1S/C15H19N5O/c1-11(21)20-8-4-12(10-20)9-13-15(17-7-6-16-13)14-3-5-18-19(14)2/h3,5-7,12H,4,8-10H2,1-2H3. The third-order valence-corrected chi connectivity index (χ3v) is 4.05. The number of carbonyl (C=O) groups is 1. The maximum atomic E-state index is 11.4. The molecule has 1 amide bonds. The first-order valence-electron chi connectivity index (χ1n) is 7.19. The highest BCUT2D eigenvalue weighted by molar-refractivity contribution is 5.73. The lowest BCUT2D eigenvalue weighted by Crippen LogP contribution is -2.26. The molecule has 21 heavy (non-hydrogen) atoms. The maximum absolute atomic E-state index is 11.4. The molecule has 1 aliphatic heterocycles. The monoisotopic (exact) mass is 285 g/mol. The second-order valence-corrected chi connectivity index (χ2v) is 5.52. The Balaban J connectivity index is 1.81. The molecule has 0 bridgehead atoms. The van der Waals surface area contributed by atoms with E-state index in [1.54, 1.807) is 25.5 Å². The minimum Gasteiger partial charge on any atom is -0.343 e. The number of rotatable bonds is 3. The van der Waals surface area contributed by atoms with E-state index in [-0.39, 0.29) is 5.91 Å². The van der Waals surface area contributed by atoms with Crippen LogP contribution in [-0.4, -0.2) is 43.6 Å². The number of hydrogen-bond donors (Lipinski definition) is 0. The van der Waals surface area contributed by atoms with E-state index in [1.165, 1.54) is 0 Å². The molecule has 0 spiro atoms. The highest BCUT2D eigenvalue weighted by Crippen LogP contribution is 2.25. The zero-order valence-corrected chi connectivity index (χ0v) is 12.4. The molecule has 1 aliphatic rings. The van der Waals surface area contributed by atoms with E-state index in [4.69, 9.17) is 0 Å². The van der Waals surface area contributed by atoms with Crippen LogP contribution in [0.15, 0.2) is 24.7 Å². The van der Waals surface area contributed by atoms with Gasteiger partial charge in [0.15, 0.2) is 0 Å². The molecule has 0 radical (unpaired) electrons. The molecular formula is C15H19N5O. The summed E-state index contributed by atoms with van der Waals surface area (Å²) >= 11 is 0. The predicted molar refractivity (Wildman–Crippen MR) is 78.3 cm³/mol. The number of likely N-dealkylation sites (tertiary alicyclic amines) is 1. The van der Waals surface area contributed by atoms with E-state index >= 15 is 0 Å². The molecule has 1 atom stereocenters. The Labute approximate surface area is 123 Å². The summed E-state index contributed by atoms with van der Waals surface area (Å²) in [5.74, 6) is 0.612. The van der Waals surface area contributed by atoms with Crippen LogP contribution in [0.4, 0.5) is 0 Å². The van der Waals surface area contributed by atoms with Crippen molar-refractivity contribution in [3.63, 3.8) is 0 Å². The molecule has 0 N–H and O–H groups in total. The summed E-state index contributed by atoms with van der Waals surface area (Å²) in [4.78, 5) is 22.3. The van der Waals surface area contributed by atoms with Crippen molar-refractivity contribution in [1.29, 1.82) is 0 Å². The van der Waals surface area contributed by atoms with Gasteiger partial charge in [-0.2, -0.15) is 5.10 Å². The second-order valence-electron chi connectivity index (χ2n) is 5.52. The summed E-state index contributed by atoms with van der Waals surface area (Å²) in [6.07, 6.45) is 7.08. The second kappa shape index (κ2) is 5.63. The molecule has 1 saturated heterocycles. The molecule has 6 nitrogen and oxygen atoms in total. The lowest BCUT2D eigenvalue weighted by Gasteiger charge is -2.14. The van der Waals surface area contributed by atoms with Gasteiger partial charge in [0.05, 0.1) is 11.4 Å². The Kier molecular flexibility index (Phi) is 3.68. The summed E-state index contributed by atoms with van der Waals surface area (Å²) in [5, 5.41) is 4.20. The van der Waals surface area contributed by atoms with Crippen molar-refractivity contribution < 1.29 is 4.79 Å². The number of aromatic nitrogens is 4. The molecule has 2 aromatic rings. The van der Waals surface area contributed by atoms with E-state index in [0.717, 1.165) is 43.0 Å². The number of nitrogens with zero attached hydrogens (tertiary/aromatic N) is 5. The topological polar surface area (TPSA) is 63.9 Å². The quantitative estimate of drug-likeness (QED) is 0.852. The van der Waals surface area contributed by atoms with Gasteiger partial charge in [-0.05, 0) is 24.8 Å². The first kappa shape index (κ1) is 13.7. The first-order chi connectivity index (χ1) is 10.1. The highest BCUT2D eigenvalue weighted by atomic mass is 16.2. The van der Waals surface area contributed by atoms with Crippen molar-refractivity contribution in [2.24, 2.45) is 13.0 Å². The fourth-order valence-corrected chi connectivity index (χ4v) is 2.90. The van der Waals surface area contributed by atoms with Gasteiger partial charge in [0.1, 0.15) is 5.69 Å². The van der Waals surface area contributed by atoms with E-state index in [2.05, 4.69) is 15.1 Å². The van der Waals surface area contributed by atoms with Gasteiger partial charge in [0, 0.05) is 45.7 Å². The van der Waals surface area contributed by atoms with Gasteiger partial charge in [-0.1, -0.05) is 0 Å². The Bertz CT molecular complexity index is 651. The summed E-state index contributed by atoms with van der Waals surface area (Å²) < 4.78 is 1.81. The minimum absolute atomic E-state index is 0.156.